The van der Waals surface area contributed by atoms with E-state index < -0.39 is 0 Å². The van der Waals surface area contributed by atoms with Gasteiger partial charge in [-0.15, -0.1) is 0 Å². The van der Waals surface area contributed by atoms with Crippen molar-refractivity contribution in [3.8, 4) is 0 Å². The molecule has 0 atom stereocenters. The predicted octanol–water partition coefficient (Wildman–Crippen LogP) is -0.0817. The summed E-state index contributed by atoms with van der Waals surface area (Å²) in [6.45, 7) is 3.04. The summed E-state index contributed by atoms with van der Waals surface area (Å²) in [7, 11) is 5.77. The Bertz CT molecular complexity index is 244. The van der Waals surface area contributed by atoms with E-state index in [0.29, 0.717) is 19.0 Å². The Kier molecular flexibility index (Phi) is 4.42. The van der Waals surface area contributed by atoms with Gasteiger partial charge in [0.15, 0.2) is 0 Å². The van der Waals surface area contributed by atoms with Gasteiger partial charge in [0, 0.05) is 40.3 Å². The van der Waals surface area contributed by atoms with Gasteiger partial charge in [-0.05, 0) is 0 Å². The number of hydrogen-bond donors (Lipinski definition) is 2. The molecule has 0 saturated carbocycles. The summed E-state index contributed by atoms with van der Waals surface area (Å²) in [5, 5.41) is 11.0. The molecule has 0 bridgehead atoms. The van der Waals surface area contributed by atoms with E-state index in [4.69, 9.17) is 10.1 Å². The normalized spacial score (nSPS) is 17.5. The van der Waals surface area contributed by atoms with Crippen molar-refractivity contribution >= 4 is 5.84 Å². The molecule has 1 rings (SSSR count). The highest BCUT2D eigenvalue weighted by Gasteiger charge is 2.12. The second kappa shape index (κ2) is 5.60. The zero-order chi connectivity index (χ0) is 11.3. The average Bonchev–Trinajstić information content (AvgIpc) is 2.26. The van der Waals surface area contributed by atoms with Gasteiger partial charge in [-0.1, -0.05) is 0 Å². The molecule has 5 heteroatoms. The maximum Gasteiger partial charge on any atom is 0.124 e. The van der Waals surface area contributed by atoms with E-state index >= 15 is 0 Å². The quantitative estimate of drug-likeness (QED) is 0.507. The van der Waals surface area contributed by atoms with Crippen LogP contribution in [0.2, 0.25) is 0 Å². The fourth-order valence-electron chi connectivity index (χ4n) is 1.45. The number of rotatable bonds is 3. The Hall–Kier alpha value is -1.23. The second-order valence-electron chi connectivity index (χ2n) is 3.66. The van der Waals surface area contributed by atoms with Crippen LogP contribution in [0.3, 0.4) is 0 Å². The molecular weight excluding hydrogens is 192 g/mol. The summed E-state index contributed by atoms with van der Waals surface area (Å²) in [5.41, 5.74) is 0. The Balaban J connectivity index is 2.58. The molecule has 5 nitrogen and oxygen atoms in total. The van der Waals surface area contributed by atoms with Crippen molar-refractivity contribution in [1.29, 1.82) is 5.41 Å². The lowest BCUT2D eigenvalue weighted by atomic mass is 10.3. The molecule has 0 aromatic carbocycles. The van der Waals surface area contributed by atoms with Crippen LogP contribution < -0.4 is 5.32 Å². The molecule has 0 amide bonds. The Morgan fingerprint density at radius 1 is 1.40 bits per heavy atom. The molecular formula is C10H20N4O. The smallest absolute Gasteiger partial charge is 0.124 e. The van der Waals surface area contributed by atoms with Gasteiger partial charge in [0.25, 0.3) is 0 Å². The topological polar surface area (TPSA) is 51.6 Å². The summed E-state index contributed by atoms with van der Waals surface area (Å²) >= 11 is 0. The highest BCUT2D eigenvalue weighted by Crippen LogP contribution is 2.01. The van der Waals surface area contributed by atoms with Crippen molar-refractivity contribution < 1.29 is 4.74 Å². The molecule has 86 valence electrons. The fraction of sp³-hybridized carbons (Fsp3) is 0.700. The molecule has 1 heterocycles. The summed E-state index contributed by atoms with van der Waals surface area (Å²) in [4.78, 5) is 3.97. The lowest BCUT2D eigenvalue weighted by Gasteiger charge is -2.28. The first kappa shape index (κ1) is 11.8. The van der Waals surface area contributed by atoms with Crippen LogP contribution >= 0.6 is 0 Å². The number of morpholine rings is 1. The Morgan fingerprint density at radius 2 is 2.00 bits per heavy atom. The van der Waals surface area contributed by atoms with Gasteiger partial charge >= 0.3 is 0 Å². The van der Waals surface area contributed by atoms with Gasteiger partial charge in [0.2, 0.25) is 0 Å². The largest absolute Gasteiger partial charge is 0.378 e. The number of nitrogens with zero attached hydrogens (tertiary/aromatic N) is 2. The lowest BCUT2D eigenvalue weighted by Crippen LogP contribution is -2.40. The minimum atomic E-state index is 0.538. The predicted molar refractivity (Wildman–Crippen MR) is 60.9 cm³/mol. The first-order chi connectivity index (χ1) is 7.15. The third kappa shape index (κ3) is 3.43. The minimum Gasteiger partial charge on any atom is -0.378 e. The highest BCUT2D eigenvalue weighted by molar-refractivity contribution is 5.90. The molecule has 0 aromatic rings. The average molecular weight is 212 g/mol. The van der Waals surface area contributed by atoms with Crippen molar-refractivity contribution in [2.24, 2.45) is 0 Å². The fourth-order valence-corrected chi connectivity index (χ4v) is 1.45. The van der Waals surface area contributed by atoms with Crippen LogP contribution in [0.25, 0.3) is 0 Å². The third-order valence-electron chi connectivity index (χ3n) is 2.36. The molecule has 1 saturated heterocycles. The van der Waals surface area contributed by atoms with Crippen molar-refractivity contribution in [2.75, 3.05) is 47.4 Å². The van der Waals surface area contributed by atoms with Crippen LogP contribution in [0.5, 0.6) is 0 Å². The van der Waals surface area contributed by atoms with E-state index in [1.54, 1.807) is 0 Å². The maximum absolute atomic E-state index is 7.94. The Labute approximate surface area is 91.2 Å². The van der Waals surface area contributed by atoms with Crippen LogP contribution in [0, 0.1) is 5.41 Å². The lowest BCUT2D eigenvalue weighted by molar-refractivity contribution is 0.0681. The van der Waals surface area contributed by atoms with Gasteiger partial charge in [0.1, 0.15) is 11.7 Å². The van der Waals surface area contributed by atoms with Gasteiger partial charge < -0.3 is 19.9 Å². The van der Waals surface area contributed by atoms with Crippen LogP contribution in [-0.2, 0) is 4.74 Å². The summed E-state index contributed by atoms with van der Waals surface area (Å²) in [6, 6.07) is 0. The van der Waals surface area contributed by atoms with Crippen LogP contribution in [0.15, 0.2) is 11.9 Å². The summed E-state index contributed by atoms with van der Waals surface area (Å²) < 4.78 is 5.24. The molecule has 1 fully saturated rings. The van der Waals surface area contributed by atoms with E-state index in [-0.39, 0.29) is 0 Å². The van der Waals surface area contributed by atoms with E-state index in [1.807, 2.05) is 37.0 Å². The summed E-state index contributed by atoms with van der Waals surface area (Å²) in [6.07, 6.45) is 1.84. The van der Waals surface area contributed by atoms with Crippen molar-refractivity contribution in [3.05, 3.63) is 11.9 Å². The second-order valence-corrected chi connectivity index (χ2v) is 3.66. The number of amidine groups is 1. The van der Waals surface area contributed by atoms with Crippen molar-refractivity contribution in [1.82, 2.24) is 15.1 Å². The third-order valence-corrected chi connectivity index (χ3v) is 2.36. The van der Waals surface area contributed by atoms with Gasteiger partial charge in [-0.25, -0.2) is 0 Å². The number of ether oxygens (including phenoxy) is 1. The Morgan fingerprint density at radius 3 is 2.47 bits per heavy atom. The van der Waals surface area contributed by atoms with Gasteiger partial charge in [-0.3, -0.25) is 5.41 Å². The van der Waals surface area contributed by atoms with Gasteiger partial charge in [0.05, 0.1) is 13.2 Å². The van der Waals surface area contributed by atoms with E-state index in [1.165, 1.54) is 0 Å². The molecule has 1 aliphatic rings. The van der Waals surface area contributed by atoms with Crippen LogP contribution in [-0.4, -0.2) is 63.1 Å². The van der Waals surface area contributed by atoms with Gasteiger partial charge in [-0.2, -0.15) is 0 Å². The van der Waals surface area contributed by atoms with Crippen molar-refractivity contribution in [2.45, 2.75) is 0 Å². The van der Waals surface area contributed by atoms with E-state index in [2.05, 4.69) is 5.32 Å². The standard InChI is InChI=1S/C10H20N4O/c1-12-10(13(2)3)8-9(11)14-4-6-15-7-5-14/h8,11-12H,4-7H2,1-3H3/b10-8+,11-9?. The monoisotopic (exact) mass is 212 g/mol. The van der Waals surface area contributed by atoms with E-state index in [9.17, 15) is 0 Å². The zero-order valence-corrected chi connectivity index (χ0v) is 9.71. The first-order valence-corrected chi connectivity index (χ1v) is 5.13. The SMILES string of the molecule is CN/C(=C\C(=N)N1CCOCC1)N(C)C. The number of hydrogen-bond acceptors (Lipinski definition) is 4. The zero-order valence-electron chi connectivity index (χ0n) is 9.71. The molecule has 1 aliphatic heterocycles. The molecule has 2 N–H and O–H groups in total. The molecule has 0 spiro atoms. The van der Waals surface area contributed by atoms with Crippen LogP contribution in [0.4, 0.5) is 0 Å². The molecule has 0 radical (unpaired) electrons. The molecule has 15 heavy (non-hydrogen) atoms. The minimum absolute atomic E-state index is 0.538. The molecule has 0 aromatic heterocycles. The molecule has 0 aliphatic carbocycles. The highest BCUT2D eigenvalue weighted by atomic mass is 16.5. The van der Waals surface area contributed by atoms with Crippen molar-refractivity contribution in [3.63, 3.8) is 0 Å². The molecule has 0 unspecified atom stereocenters. The summed E-state index contributed by atoms with van der Waals surface area (Å²) in [5.74, 6) is 1.47. The maximum atomic E-state index is 7.94. The van der Waals surface area contributed by atoms with Crippen LogP contribution in [0.1, 0.15) is 0 Å². The number of nitrogens with one attached hydrogen (secondary N) is 2. The first-order valence-electron chi connectivity index (χ1n) is 5.13. The van der Waals surface area contributed by atoms with E-state index in [0.717, 1.165) is 18.9 Å².